The normalized spacial score (nSPS) is 13.4. The molecule has 0 atom stereocenters. The number of aromatic nitrogens is 1. The van der Waals surface area contributed by atoms with Crippen LogP contribution in [0.2, 0.25) is 0 Å². The zero-order valence-electron chi connectivity index (χ0n) is 16.4. The number of fused-ring (bicyclic) bond motifs is 2. The summed E-state index contributed by atoms with van der Waals surface area (Å²) in [4.78, 5) is 2.32. The lowest BCUT2D eigenvalue weighted by Gasteiger charge is -2.20. The Morgan fingerprint density at radius 2 is 1.68 bits per heavy atom. The molecule has 138 valence electrons. The van der Waals surface area contributed by atoms with Crippen molar-refractivity contribution in [2.75, 3.05) is 4.90 Å². The van der Waals surface area contributed by atoms with Crippen molar-refractivity contribution in [3.8, 4) is 11.1 Å². The Morgan fingerprint density at radius 3 is 2.46 bits per heavy atom. The highest BCUT2D eigenvalue weighted by atomic mass is 15.2. The molecular weight excluding hydrogens is 340 g/mol. The van der Waals surface area contributed by atoms with Crippen LogP contribution in [-0.4, -0.2) is 4.57 Å². The second kappa shape index (κ2) is 6.42. The number of hydrogen-bond donors (Lipinski definition) is 0. The Morgan fingerprint density at radius 1 is 0.893 bits per heavy atom. The van der Waals surface area contributed by atoms with E-state index in [1.165, 1.54) is 44.4 Å². The van der Waals surface area contributed by atoms with Crippen LogP contribution in [0, 0.1) is 0 Å². The summed E-state index contributed by atoms with van der Waals surface area (Å²) in [6.45, 7) is 7.49. The molecule has 0 saturated heterocycles. The number of nitrogens with zero attached hydrogens (tertiary/aromatic N) is 2. The van der Waals surface area contributed by atoms with E-state index in [9.17, 15) is 0 Å². The summed E-state index contributed by atoms with van der Waals surface area (Å²) in [7, 11) is 2.08. The van der Waals surface area contributed by atoms with Crippen molar-refractivity contribution in [2.24, 2.45) is 7.05 Å². The molecule has 0 spiro atoms. The summed E-state index contributed by atoms with van der Waals surface area (Å²) in [6.07, 6.45) is 3.18. The van der Waals surface area contributed by atoms with E-state index in [0.717, 1.165) is 18.7 Å². The van der Waals surface area contributed by atoms with Crippen LogP contribution in [0.1, 0.15) is 23.6 Å². The van der Waals surface area contributed by atoms with Crippen LogP contribution in [0.4, 0.5) is 5.69 Å². The Hall–Kier alpha value is -3.26. The fraction of sp³-hybridized carbons (Fsp3) is 0.154. The molecule has 28 heavy (non-hydrogen) atoms. The monoisotopic (exact) mass is 364 g/mol. The first-order valence-corrected chi connectivity index (χ1v) is 9.88. The van der Waals surface area contributed by atoms with E-state index in [-0.39, 0.29) is 0 Å². The Kier molecular flexibility index (Phi) is 3.87. The Bertz CT molecular complexity index is 1200. The first-order valence-electron chi connectivity index (χ1n) is 9.88. The SMILES string of the molecule is C=C1c2cc(-c3ccc(CC)cc3)ccc2CN1c1ccc2c(ccn2C)c1. The number of rotatable bonds is 3. The van der Waals surface area contributed by atoms with Crippen molar-refractivity contribution < 1.29 is 0 Å². The van der Waals surface area contributed by atoms with Crippen molar-refractivity contribution in [1.29, 1.82) is 0 Å². The maximum atomic E-state index is 4.42. The maximum absolute atomic E-state index is 4.42. The minimum Gasteiger partial charge on any atom is -0.351 e. The second-order valence-electron chi connectivity index (χ2n) is 7.63. The van der Waals surface area contributed by atoms with Crippen LogP contribution < -0.4 is 4.90 Å². The molecule has 0 N–H and O–H groups in total. The van der Waals surface area contributed by atoms with E-state index in [0.29, 0.717) is 0 Å². The molecule has 1 aromatic heterocycles. The van der Waals surface area contributed by atoms with Crippen LogP contribution in [0.25, 0.3) is 27.7 Å². The molecule has 1 aliphatic rings. The van der Waals surface area contributed by atoms with Gasteiger partial charge in [-0.1, -0.05) is 49.9 Å². The molecule has 0 amide bonds. The quantitative estimate of drug-likeness (QED) is 0.408. The van der Waals surface area contributed by atoms with Crippen LogP contribution >= 0.6 is 0 Å². The van der Waals surface area contributed by atoms with Gasteiger partial charge in [-0.3, -0.25) is 0 Å². The van der Waals surface area contributed by atoms with Crippen molar-refractivity contribution >= 4 is 22.3 Å². The van der Waals surface area contributed by atoms with E-state index >= 15 is 0 Å². The predicted molar refractivity (Wildman–Crippen MR) is 119 cm³/mol. The lowest BCUT2D eigenvalue weighted by molar-refractivity contribution is 0.968. The highest BCUT2D eigenvalue weighted by Crippen LogP contribution is 2.38. The molecule has 5 rings (SSSR count). The summed E-state index contributed by atoms with van der Waals surface area (Å²) in [6, 6.07) is 24.5. The molecule has 3 aromatic carbocycles. The molecular formula is C26H24N2. The standard InChI is InChI=1S/C26H24N2/c1-4-19-5-7-20(8-6-19)21-9-10-23-17-28(18(2)25(23)16-21)24-11-12-26-22(15-24)13-14-27(26)3/h5-16H,2,4,17H2,1,3H3. The molecule has 0 radical (unpaired) electrons. The fourth-order valence-electron chi connectivity index (χ4n) is 4.19. The van der Waals surface area contributed by atoms with Gasteiger partial charge in [0.05, 0.1) is 0 Å². The molecule has 2 heterocycles. The third kappa shape index (κ3) is 2.65. The largest absolute Gasteiger partial charge is 0.351 e. The molecule has 2 nitrogen and oxygen atoms in total. The molecule has 0 unspecified atom stereocenters. The first kappa shape index (κ1) is 16.9. The predicted octanol–water partition coefficient (Wildman–Crippen LogP) is 6.40. The van der Waals surface area contributed by atoms with Gasteiger partial charge in [0.2, 0.25) is 0 Å². The summed E-state index contributed by atoms with van der Waals surface area (Å²) in [5, 5.41) is 1.26. The number of benzene rings is 3. The average Bonchev–Trinajstić information content (AvgIpc) is 3.27. The van der Waals surface area contributed by atoms with Crippen LogP contribution in [0.15, 0.2) is 79.5 Å². The average molecular weight is 364 g/mol. The summed E-state index contributed by atoms with van der Waals surface area (Å²) in [5.41, 5.74) is 10.0. The zero-order chi connectivity index (χ0) is 19.3. The van der Waals surface area contributed by atoms with Gasteiger partial charge in [-0.15, -0.1) is 0 Å². The maximum Gasteiger partial charge on any atom is 0.0488 e. The third-order valence-electron chi connectivity index (χ3n) is 5.95. The Balaban J connectivity index is 1.49. The van der Waals surface area contributed by atoms with Crippen LogP contribution in [0.5, 0.6) is 0 Å². The summed E-state index contributed by atoms with van der Waals surface area (Å²) >= 11 is 0. The van der Waals surface area contributed by atoms with Gasteiger partial charge in [-0.05, 0) is 59.0 Å². The first-order chi connectivity index (χ1) is 13.6. The van der Waals surface area contributed by atoms with Gasteiger partial charge in [0.25, 0.3) is 0 Å². The second-order valence-corrected chi connectivity index (χ2v) is 7.63. The van der Waals surface area contributed by atoms with Crippen molar-refractivity contribution in [1.82, 2.24) is 4.57 Å². The van der Waals surface area contributed by atoms with Crippen molar-refractivity contribution in [3.05, 3.63) is 96.2 Å². The number of aryl methyl sites for hydroxylation is 2. The minimum atomic E-state index is 0.877. The minimum absolute atomic E-state index is 0.877. The highest BCUT2D eigenvalue weighted by Gasteiger charge is 2.24. The van der Waals surface area contributed by atoms with Gasteiger partial charge < -0.3 is 9.47 Å². The lowest BCUT2D eigenvalue weighted by atomic mass is 9.98. The van der Waals surface area contributed by atoms with Gasteiger partial charge in [-0.2, -0.15) is 0 Å². The smallest absolute Gasteiger partial charge is 0.0488 e. The molecule has 4 aromatic rings. The highest BCUT2D eigenvalue weighted by molar-refractivity contribution is 5.90. The molecule has 1 aliphatic heterocycles. The molecule has 2 heteroatoms. The molecule has 0 aliphatic carbocycles. The van der Waals surface area contributed by atoms with E-state index in [1.807, 2.05) is 0 Å². The Labute approximate surface area is 166 Å². The third-order valence-corrected chi connectivity index (χ3v) is 5.95. The summed E-state index contributed by atoms with van der Waals surface area (Å²) < 4.78 is 2.16. The van der Waals surface area contributed by atoms with Gasteiger partial charge in [-0.25, -0.2) is 0 Å². The van der Waals surface area contributed by atoms with Gasteiger partial charge in [0, 0.05) is 47.6 Å². The van der Waals surface area contributed by atoms with Crippen LogP contribution in [0.3, 0.4) is 0 Å². The topological polar surface area (TPSA) is 8.17 Å². The van der Waals surface area contributed by atoms with E-state index < -0.39 is 0 Å². The zero-order valence-corrected chi connectivity index (χ0v) is 16.4. The summed E-state index contributed by atoms with van der Waals surface area (Å²) in [5.74, 6) is 0. The van der Waals surface area contributed by atoms with Crippen molar-refractivity contribution in [3.63, 3.8) is 0 Å². The molecule has 0 fully saturated rings. The van der Waals surface area contributed by atoms with Gasteiger partial charge in [0.15, 0.2) is 0 Å². The lowest BCUT2D eigenvalue weighted by Crippen LogP contribution is -2.12. The molecule has 0 bridgehead atoms. The van der Waals surface area contributed by atoms with Crippen molar-refractivity contribution in [2.45, 2.75) is 19.9 Å². The van der Waals surface area contributed by atoms with E-state index in [1.54, 1.807) is 0 Å². The van der Waals surface area contributed by atoms with Gasteiger partial charge in [0.1, 0.15) is 0 Å². The number of hydrogen-bond acceptors (Lipinski definition) is 1. The van der Waals surface area contributed by atoms with Crippen LogP contribution in [-0.2, 0) is 20.0 Å². The van der Waals surface area contributed by atoms with Gasteiger partial charge >= 0.3 is 0 Å². The fourth-order valence-corrected chi connectivity index (χ4v) is 4.19. The number of anilines is 1. The molecule has 0 saturated carbocycles. The van der Waals surface area contributed by atoms with E-state index in [4.69, 9.17) is 0 Å². The van der Waals surface area contributed by atoms with E-state index in [2.05, 4.69) is 103 Å².